The molecule has 1 rings (SSSR count). The van der Waals surface area contributed by atoms with Crippen molar-refractivity contribution in [2.75, 3.05) is 0 Å². The molecule has 0 saturated heterocycles. The zero-order valence-corrected chi connectivity index (χ0v) is 11.3. The molecule has 0 aliphatic heterocycles. The molecule has 0 bridgehead atoms. The topological polar surface area (TPSA) is 38.1 Å². The van der Waals surface area contributed by atoms with E-state index in [0.717, 1.165) is 24.1 Å². The minimum Gasteiger partial charge on any atom is -0.393 e. The van der Waals surface area contributed by atoms with Crippen molar-refractivity contribution < 1.29 is 5.11 Å². The molecule has 16 heavy (non-hydrogen) atoms. The number of rotatable bonds is 5. The SMILES string of the molecule is CCC(C)CC(O)Cc1c(C)nn(C)c1Cl. The first-order valence-corrected chi connectivity index (χ1v) is 6.19. The molecule has 3 nitrogen and oxygen atoms in total. The summed E-state index contributed by atoms with van der Waals surface area (Å²) in [6.07, 6.45) is 2.19. The van der Waals surface area contributed by atoms with E-state index in [1.54, 1.807) is 4.68 Å². The zero-order chi connectivity index (χ0) is 12.3. The molecule has 4 heteroatoms. The van der Waals surface area contributed by atoms with Crippen molar-refractivity contribution in [3.63, 3.8) is 0 Å². The number of aliphatic hydroxyl groups is 1. The van der Waals surface area contributed by atoms with Gasteiger partial charge in [0.2, 0.25) is 0 Å². The highest BCUT2D eigenvalue weighted by molar-refractivity contribution is 6.30. The van der Waals surface area contributed by atoms with Crippen molar-refractivity contribution in [3.05, 3.63) is 16.4 Å². The first-order chi connectivity index (χ1) is 7.45. The van der Waals surface area contributed by atoms with Crippen molar-refractivity contribution >= 4 is 11.6 Å². The Kier molecular flexibility index (Phi) is 4.81. The van der Waals surface area contributed by atoms with Gasteiger partial charge in [-0.1, -0.05) is 31.9 Å². The molecule has 1 aromatic heterocycles. The van der Waals surface area contributed by atoms with Crippen LogP contribution in [0.5, 0.6) is 0 Å². The van der Waals surface area contributed by atoms with Gasteiger partial charge in [0, 0.05) is 19.0 Å². The van der Waals surface area contributed by atoms with Gasteiger partial charge in [0.25, 0.3) is 0 Å². The first kappa shape index (κ1) is 13.5. The molecule has 0 spiro atoms. The maximum Gasteiger partial charge on any atom is 0.130 e. The predicted molar refractivity (Wildman–Crippen MR) is 66.7 cm³/mol. The van der Waals surface area contributed by atoms with Crippen LogP contribution in [-0.4, -0.2) is 21.0 Å². The molecule has 92 valence electrons. The maximum atomic E-state index is 9.97. The molecule has 1 heterocycles. The van der Waals surface area contributed by atoms with Crippen LogP contribution in [0.2, 0.25) is 5.15 Å². The summed E-state index contributed by atoms with van der Waals surface area (Å²) in [6, 6.07) is 0. The Balaban J connectivity index is 2.65. The number of aromatic nitrogens is 2. The van der Waals surface area contributed by atoms with Crippen LogP contribution in [0.3, 0.4) is 0 Å². The standard InChI is InChI=1S/C12H21ClN2O/c1-5-8(2)6-10(16)7-11-9(3)14-15(4)12(11)13/h8,10,16H,5-7H2,1-4H3. The highest BCUT2D eigenvalue weighted by Gasteiger charge is 2.16. The Morgan fingerprint density at radius 2 is 2.12 bits per heavy atom. The molecule has 1 aromatic rings. The maximum absolute atomic E-state index is 9.97. The fourth-order valence-corrected chi connectivity index (χ4v) is 2.11. The van der Waals surface area contributed by atoms with Crippen LogP contribution in [0.25, 0.3) is 0 Å². The van der Waals surface area contributed by atoms with Crippen LogP contribution in [0.15, 0.2) is 0 Å². The van der Waals surface area contributed by atoms with Gasteiger partial charge < -0.3 is 5.11 Å². The second-order valence-electron chi connectivity index (χ2n) is 4.59. The highest BCUT2D eigenvalue weighted by atomic mass is 35.5. The van der Waals surface area contributed by atoms with E-state index in [9.17, 15) is 5.11 Å². The smallest absolute Gasteiger partial charge is 0.130 e. The van der Waals surface area contributed by atoms with Gasteiger partial charge in [0.05, 0.1) is 11.8 Å². The number of halogens is 1. The molecule has 0 radical (unpaired) electrons. The first-order valence-electron chi connectivity index (χ1n) is 5.81. The second-order valence-corrected chi connectivity index (χ2v) is 4.94. The molecule has 2 unspecified atom stereocenters. The lowest BCUT2D eigenvalue weighted by Crippen LogP contribution is -2.15. The Morgan fingerprint density at radius 3 is 2.56 bits per heavy atom. The monoisotopic (exact) mass is 244 g/mol. The van der Waals surface area contributed by atoms with Gasteiger partial charge in [-0.25, -0.2) is 0 Å². The Labute approximate surface area is 102 Å². The van der Waals surface area contributed by atoms with Gasteiger partial charge in [0.15, 0.2) is 0 Å². The van der Waals surface area contributed by atoms with Crippen molar-refractivity contribution in [2.45, 2.75) is 46.1 Å². The van der Waals surface area contributed by atoms with Crippen molar-refractivity contribution in [1.82, 2.24) is 9.78 Å². The largest absolute Gasteiger partial charge is 0.393 e. The Hall–Kier alpha value is -0.540. The second kappa shape index (κ2) is 5.69. The molecule has 0 aliphatic carbocycles. The van der Waals surface area contributed by atoms with E-state index in [2.05, 4.69) is 18.9 Å². The number of aryl methyl sites for hydroxylation is 2. The molecular weight excluding hydrogens is 224 g/mol. The fraction of sp³-hybridized carbons (Fsp3) is 0.750. The van der Waals surface area contributed by atoms with Crippen LogP contribution >= 0.6 is 11.6 Å². The minimum atomic E-state index is -0.324. The van der Waals surface area contributed by atoms with E-state index >= 15 is 0 Å². The van der Waals surface area contributed by atoms with Crippen molar-refractivity contribution in [1.29, 1.82) is 0 Å². The van der Waals surface area contributed by atoms with E-state index < -0.39 is 0 Å². The van der Waals surface area contributed by atoms with Crippen LogP contribution in [-0.2, 0) is 13.5 Å². The normalized spacial score (nSPS) is 15.1. The molecule has 0 aromatic carbocycles. The van der Waals surface area contributed by atoms with Crippen LogP contribution in [0.1, 0.15) is 37.9 Å². The summed E-state index contributed by atoms with van der Waals surface area (Å²) in [5.74, 6) is 0.547. The van der Waals surface area contributed by atoms with Gasteiger partial charge >= 0.3 is 0 Å². The molecule has 0 amide bonds. The molecule has 2 atom stereocenters. The summed E-state index contributed by atoms with van der Waals surface area (Å²) in [6.45, 7) is 6.22. The van der Waals surface area contributed by atoms with E-state index in [1.165, 1.54) is 0 Å². The van der Waals surface area contributed by atoms with E-state index in [1.807, 2.05) is 14.0 Å². The lowest BCUT2D eigenvalue weighted by molar-refractivity contribution is 0.144. The molecule has 0 saturated carbocycles. The molecule has 0 fully saturated rings. The van der Waals surface area contributed by atoms with Gasteiger partial charge in [-0.05, 0) is 19.3 Å². The van der Waals surface area contributed by atoms with Crippen LogP contribution in [0, 0.1) is 12.8 Å². The Morgan fingerprint density at radius 1 is 1.50 bits per heavy atom. The third-order valence-corrected chi connectivity index (χ3v) is 3.55. The van der Waals surface area contributed by atoms with Crippen molar-refractivity contribution in [3.8, 4) is 0 Å². The third-order valence-electron chi connectivity index (χ3n) is 3.08. The number of hydrogen-bond donors (Lipinski definition) is 1. The van der Waals surface area contributed by atoms with Crippen molar-refractivity contribution in [2.24, 2.45) is 13.0 Å². The van der Waals surface area contributed by atoms with Crippen LogP contribution < -0.4 is 0 Å². The summed E-state index contributed by atoms with van der Waals surface area (Å²) >= 11 is 6.12. The van der Waals surface area contributed by atoms with Crippen LogP contribution in [0.4, 0.5) is 0 Å². The van der Waals surface area contributed by atoms with Gasteiger partial charge in [-0.15, -0.1) is 0 Å². The number of hydrogen-bond acceptors (Lipinski definition) is 2. The summed E-state index contributed by atoms with van der Waals surface area (Å²) in [7, 11) is 1.82. The molecule has 1 N–H and O–H groups in total. The van der Waals surface area contributed by atoms with Gasteiger partial charge in [0.1, 0.15) is 5.15 Å². The third kappa shape index (κ3) is 3.22. The number of aliphatic hydroxyl groups excluding tert-OH is 1. The quantitative estimate of drug-likeness (QED) is 0.865. The minimum absolute atomic E-state index is 0.324. The molecular formula is C12H21ClN2O. The number of nitrogens with zero attached hydrogens (tertiary/aromatic N) is 2. The summed E-state index contributed by atoms with van der Waals surface area (Å²) in [5.41, 5.74) is 1.88. The summed E-state index contributed by atoms with van der Waals surface area (Å²) in [4.78, 5) is 0. The summed E-state index contributed by atoms with van der Waals surface area (Å²) in [5, 5.41) is 14.8. The molecule has 0 aliphatic rings. The predicted octanol–water partition coefficient (Wildman–Crippen LogP) is 2.72. The average molecular weight is 245 g/mol. The van der Waals surface area contributed by atoms with E-state index in [0.29, 0.717) is 17.5 Å². The van der Waals surface area contributed by atoms with E-state index in [-0.39, 0.29) is 6.10 Å². The van der Waals surface area contributed by atoms with Gasteiger partial charge in [-0.3, -0.25) is 4.68 Å². The zero-order valence-electron chi connectivity index (χ0n) is 10.5. The summed E-state index contributed by atoms with van der Waals surface area (Å²) < 4.78 is 1.65. The van der Waals surface area contributed by atoms with Gasteiger partial charge in [-0.2, -0.15) is 5.10 Å². The lowest BCUT2D eigenvalue weighted by Gasteiger charge is -2.14. The van der Waals surface area contributed by atoms with E-state index in [4.69, 9.17) is 11.6 Å². The Bertz CT molecular complexity index is 349. The fourth-order valence-electron chi connectivity index (χ4n) is 1.86. The highest BCUT2D eigenvalue weighted by Crippen LogP contribution is 2.22. The lowest BCUT2D eigenvalue weighted by atomic mass is 9.97. The average Bonchev–Trinajstić information content (AvgIpc) is 2.45.